The summed E-state index contributed by atoms with van der Waals surface area (Å²) in [4.78, 5) is 11.7. The first kappa shape index (κ1) is 15.6. The molecule has 0 atom stereocenters. The minimum absolute atomic E-state index is 0.0745. The van der Waals surface area contributed by atoms with Gasteiger partial charge in [0.2, 0.25) is 0 Å². The number of alkyl halides is 3. The summed E-state index contributed by atoms with van der Waals surface area (Å²) in [5.74, 6) is -0.659. The molecule has 114 valence electrons. The Morgan fingerprint density at radius 2 is 1.86 bits per heavy atom. The van der Waals surface area contributed by atoms with E-state index in [4.69, 9.17) is 0 Å². The van der Waals surface area contributed by atoms with Crippen LogP contribution >= 0.6 is 0 Å². The van der Waals surface area contributed by atoms with E-state index in [2.05, 4.69) is 10.5 Å². The van der Waals surface area contributed by atoms with Crippen molar-refractivity contribution in [3.63, 3.8) is 0 Å². The number of rotatable bonds is 3. The Kier molecular flexibility index (Phi) is 4.45. The van der Waals surface area contributed by atoms with Crippen molar-refractivity contribution in [3.05, 3.63) is 65.2 Å². The number of nitrogens with zero attached hydrogens (tertiary/aromatic N) is 1. The minimum atomic E-state index is -4.44. The van der Waals surface area contributed by atoms with E-state index in [1.54, 1.807) is 0 Å². The average molecular weight is 308 g/mol. The van der Waals surface area contributed by atoms with Crippen molar-refractivity contribution < 1.29 is 23.1 Å². The third kappa shape index (κ3) is 4.08. The zero-order chi connectivity index (χ0) is 16.2. The van der Waals surface area contributed by atoms with Crippen LogP contribution in [0.25, 0.3) is 0 Å². The van der Waals surface area contributed by atoms with Gasteiger partial charge in [-0.25, -0.2) is 5.43 Å². The Labute approximate surface area is 123 Å². The Bertz CT molecular complexity index is 712. The van der Waals surface area contributed by atoms with Crippen LogP contribution in [0.3, 0.4) is 0 Å². The van der Waals surface area contributed by atoms with Crippen LogP contribution in [-0.2, 0) is 6.18 Å². The van der Waals surface area contributed by atoms with Gasteiger partial charge in [0.1, 0.15) is 5.75 Å². The lowest BCUT2D eigenvalue weighted by atomic mass is 10.1. The highest BCUT2D eigenvalue weighted by Crippen LogP contribution is 2.29. The highest BCUT2D eigenvalue weighted by atomic mass is 19.4. The summed E-state index contributed by atoms with van der Waals surface area (Å²) in [6, 6.07) is 10.2. The summed E-state index contributed by atoms with van der Waals surface area (Å²) >= 11 is 0. The molecule has 0 aliphatic carbocycles. The number of amides is 1. The molecular formula is C15H11F3N2O2. The van der Waals surface area contributed by atoms with Gasteiger partial charge in [0, 0.05) is 5.56 Å². The summed E-state index contributed by atoms with van der Waals surface area (Å²) in [5, 5.41) is 12.8. The summed E-state index contributed by atoms with van der Waals surface area (Å²) < 4.78 is 37.6. The van der Waals surface area contributed by atoms with Gasteiger partial charge in [0.15, 0.2) is 0 Å². The molecule has 22 heavy (non-hydrogen) atoms. The van der Waals surface area contributed by atoms with Crippen molar-refractivity contribution in [2.75, 3.05) is 0 Å². The normalized spacial score (nSPS) is 11.6. The van der Waals surface area contributed by atoms with E-state index in [1.165, 1.54) is 36.4 Å². The van der Waals surface area contributed by atoms with E-state index in [0.717, 1.165) is 18.3 Å². The van der Waals surface area contributed by atoms with Crippen molar-refractivity contribution in [2.45, 2.75) is 6.18 Å². The maximum absolute atomic E-state index is 12.5. The Morgan fingerprint density at radius 3 is 2.55 bits per heavy atom. The fraction of sp³-hybridized carbons (Fsp3) is 0.0667. The molecule has 2 aromatic carbocycles. The molecule has 0 unspecified atom stereocenters. The lowest BCUT2D eigenvalue weighted by Crippen LogP contribution is -2.17. The van der Waals surface area contributed by atoms with Gasteiger partial charge in [0.25, 0.3) is 5.91 Å². The third-order valence-electron chi connectivity index (χ3n) is 2.70. The third-order valence-corrected chi connectivity index (χ3v) is 2.70. The smallest absolute Gasteiger partial charge is 0.416 e. The molecule has 1 amide bonds. The molecule has 0 fully saturated rings. The predicted molar refractivity (Wildman–Crippen MR) is 74.6 cm³/mol. The fourth-order valence-corrected chi connectivity index (χ4v) is 1.67. The first-order chi connectivity index (χ1) is 10.4. The number of benzene rings is 2. The minimum Gasteiger partial charge on any atom is -0.508 e. The topological polar surface area (TPSA) is 61.7 Å². The number of hydrogen-bond acceptors (Lipinski definition) is 3. The fourth-order valence-electron chi connectivity index (χ4n) is 1.67. The van der Waals surface area contributed by atoms with E-state index >= 15 is 0 Å². The standard InChI is InChI=1S/C15H11F3N2O2/c16-15(17,18)12-5-1-3-10(7-12)9-19-20-14(22)11-4-2-6-13(21)8-11/h1-9,21H,(H,20,22)/b19-9-. The van der Waals surface area contributed by atoms with Crippen LogP contribution in [0.5, 0.6) is 5.75 Å². The molecule has 2 rings (SSSR count). The van der Waals surface area contributed by atoms with E-state index in [0.29, 0.717) is 0 Å². The molecular weight excluding hydrogens is 297 g/mol. The monoisotopic (exact) mass is 308 g/mol. The Morgan fingerprint density at radius 1 is 1.14 bits per heavy atom. The van der Waals surface area contributed by atoms with E-state index in [1.807, 2.05) is 0 Å². The average Bonchev–Trinajstić information content (AvgIpc) is 2.46. The van der Waals surface area contributed by atoms with Crippen molar-refractivity contribution in [1.29, 1.82) is 0 Å². The van der Waals surface area contributed by atoms with Gasteiger partial charge in [-0.3, -0.25) is 4.79 Å². The zero-order valence-electron chi connectivity index (χ0n) is 11.1. The van der Waals surface area contributed by atoms with E-state index in [9.17, 15) is 23.1 Å². The number of aromatic hydroxyl groups is 1. The quantitative estimate of drug-likeness (QED) is 0.676. The summed E-state index contributed by atoms with van der Waals surface area (Å²) in [5.41, 5.74) is 1.76. The highest BCUT2D eigenvalue weighted by Gasteiger charge is 2.30. The summed E-state index contributed by atoms with van der Waals surface area (Å²) in [6.07, 6.45) is -3.33. The van der Waals surface area contributed by atoms with Gasteiger partial charge in [-0.15, -0.1) is 0 Å². The summed E-state index contributed by atoms with van der Waals surface area (Å²) in [7, 11) is 0. The van der Waals surface area contributed by atoms with Gasteiger partial charge in [-0.2, -0.15) is 18.3 Å². The number of phenolic OH excluding ortho intramolecular Hbond substituents is 1. The molecule has 0 aliphatic rings. The molecule has 2 N–H and O–H groups in total. The van der Waals surface area contributed by atoms with Gasteiger partial charge in [-0.1, -0.05) is 18.2 Å². The van der Waals surface area contributed by atoms with Crippen LogP contribution in [0.4, 0.5) is 13.2 Å². The molecule has 7 heteroatoms. The number of phenols is 1. The second-order valence-corrected chi connectivity index (χ2v) is 4.37. The molecule has 0 radical (unpaired) electrons. The molecule has 2 aromatic rings. The number of carbonyl (C=O) groups excluding carboxylic acids is 1. The number of halogens is 3. The largest absolute Gasteiger partial charge is 0.508 e. The Balaban J connectivity index is 2.05. The molecule has 0 saturated heterocycles. The van der Waals surface area contributed by atoms with E-state index in [-0.39, 0.29) is 16.9 Å². The van der Waals surface area contributed by atoms with Gasteiger partial charge in [-0.05, 0) is 35.9 Å². The van der Waals surface area contributed by atoms with Gasteiger partial charge < -0.3 is 5.11 Å². The molecule has 0 bridgehead atoms. The maximum atomic E-state index is 12.5. The second-order valence-electron chi connectivity index (χ2n) is 4.37. The summed E-state index contributed by atoms with van der Waals surface area (Å²) in [6.45, 7) is 0. The van der Waals surface area contributed by atoms with Gasteiger partial charge >= 0.3 is 6.18 Å². The van der Waals surface area contributed by atoms with Crippen molar-refractivity contribution >= 4 is 12.1 Å². The van der Waals surface area contributed by atoms with Crippen LogP contribution in [0.2, 0.25) is 0 Å². The lowest BCUT2D eigenvalue weighted by molar-refractivity contribution is -0.137. The number of nitrogens with one attached hydrogen (secondary N) is 1. The number of hydrogen-bond donors (Lipinski definition) is 2. The zero-order valence-corrected chi connectivity index (χ0v) is 11.1. The van der Waals surface area contributed by atoms with Crippen LogP contribution in [-0.4, -0.2) is 17.2 Å². The van der Waals surface area contributed by atoms with Crippen LogP contribution in [0.15, 0.2) is 53.6 Å². The highest BCUT2D eigenvalue weighted by molar-refractivity contribution is 5.95. The predicted octanol–water partition coefficient (Wildman–Crippen LogP) is 3.17. The van der Waals surface area contributed by atoms with Gasteiger partial charge in [0.05, 0.1) is 11.8 Å². The van der Waals surface area contributed by atoms with Crippen LogP contribution in [0, 0.1) is 0 Å². The van der Waals surface area contributed by atoms with Crippen molar-refractivity contribution in [3.8, 4) is 5.75 Å². The maximum Gasteiger partial charge on any atom is 0.416 e. The first-order valence-corrected chi connectivity index (χ1v) is 6.16. The SMILES string of the molecule is O=C(N/N=C\c1cccc(C(F)(F)F)c1)c1cccc(O)c1. The number of carbonyl (C=O) groups is 1. The second kappa shape index (κ2) is 6.30. The molecule has 0 aromatic heterocycles. The van der Waals surface area contributed by atoms with E-state index < -0.39 is 17.6 Å². The van der Waals surface area contributed by atoms with Crippen LogP contribution in [0.1, 0.15) is 21.5 Å². The molecule has 0 aliphatic heterocycles. The molecule has 0 spiro atoms. The molecule has 4 nitrogen and oxygen atoms in total. The van der Waals surface area contributed by atoms with Crippen LogP contribution < -0.4 is 5.43 Å². The Hall–Kier alpha value is -2.83. The van der Waals surface area contributed by atoms with Crippen molar-refractivity contribution in [2.24, 2.45) is 5.10 Å². The number of hydrazone groups is 1. The lowest BCUT2D eigenvalue weighted by Gasteiger charge is -2.06. The van der Waals surface area contributed by atoms with Crippen molar-refractivity contribution in [1.82, 2.24) is 5.43 Å². The first-order valence-electron chi connectivity index (χ1n) is 6.16. The molecule has 0 heterocycles. The molecule has 0 saturated carbocycles.